The van der Waals surface area contributed by atoms with E-state index in [9.17, 15) is 4.79 Å². The number of anilines is 1. The first-order chi connectivity index (χ1) is 10.2. The number of rotatable bonds is 3. The molecular formula is C15H13ClN2O2S. The zero-order valence-electron chi connectivity index (χ0n) is 11.3. The van der Waals surface area contributed by atoms with Crippen molar-refractivity contribution in [1.29, 1.82) is 0 Å². The van der Waals surface area contributed by atoms with E-state index in [1.54, 1.807) is 48.3 Å². The number of nitrogens with zero attached hydrogens (tertiary/aromatic N) is 2. The number of carbonyl (C=O) groups is 1. The number of halogens is 1. The van der Waals surface area contributed by atoms with Crippen LogP contribution in [0.2, 0.25) is 5.02 Å². The fourth-order valence-electron chi connectivity index (χ4n) is 2.28. The molecule has 108 valence electrons. The first kappa shape index (κ1) is 14.2. The number of thioether (sulfide) groups is 1. The minimum atomic E-state index is -0.0735. The van der Waals surface area contributed by atoms with Crippen LogP contribution in [0.15, 0.2) is 42.7 Å². The van der Waals surface area contributed by atoms with Gasteiger partial charge in [-0.1, -0.05) is 17.7 Å². The molecule has 3 rings (SSSR count). The summed E-state index contributed by atoms with van der Waals surface area (Å²) in [5, 5.41) is 0.417. The third-order valence-electron chi connectivity index (χ3n) is 3.25. The number of pyridine rings is 1. The van der Waals surface area contributed by atoms with Gasteiger partial charge in [-0.05, 0) is 24.3 Å². The number of amides is 1. The maximum Gasteiger partial charge on any atom is 0.238 e. The smallest absolute Gasteiger partial charge is 0.238 e. The molecular weight excluding hydrogens is 308 g/mol. The Morgan fingerprint density at radius 2 is 2.29 bits per heavy atom. The normalized spacial score (nSPS) is 18.1. The molecule has 1 fully saturated rings. The highest BCUT2D eigenvalue weighted by molar-refractivity contribution is 8.00. The highest BCUT2D eigenvalue weighted by atomic mass is 35.5. The first-order valence-electron chi connectivity index (χ1n) is 6.38. The molecule has 0 spiro atoms. The number of ether oxygens (including phenoxy) is 1. The van der Waals surface area contributed by atoms with Crippen LogP contribution in [0.1, 0.15) is 10.9 Å². The fourth-order valence-corrected chi connectivity index (χ4v) is 3.69. The van der Waals surface area contributed by atoms with Crippen LogP contribution < -0.4 is 9.64 Å². The van der Waals surface area contributed by atoms with Gasteiger partial charge in [0.15, 0.2) is 0 Å². The Balaban J connectivity index is 1.98. The van der Waals surface area contributed by atoms with Crippen molar-refractivity contribution >= 4 is 35.0 Å². The summed E-state index contributed by atoms with van der Waals surface area (Å²) in [5.74, 6) is 1.11. The van der Waals surface area contributed by atoms with Gasteiger partial charge in [-0.15, -0.1) is 11.8 Å². The van der Waals surface area contributed by atoms with Gasteiger partial charge in [0.2, 0.25) is 5.91 Å². The SMILES string of the molecule is COc1ccc(N2C(=O)CSC2c2cccnc2)cc1Cl. The van der Waals surface area contributed by atoms with Crippen LogP contribution in [0.3, 0.4) is 0 Å². The van der Waals surface area contributed by atoms with E-state index in [0.29, 0.717) is 16.5 Å². The number of carbonyl (C=O) groups excluding carboxylic acids is 1. The van der Waals surface area contributed by atoms with E-state index in [1.807, 2.05) is 18.2 Å². The highest BCUT2D eigenvalue weighted by Crippen LogP contribution is 2.42. The lowest BCUT2D eigenvalue weighted by Crippen LogP contribution is -2.27. The lowest BCUT2D eigenvalue weighted by atomic mass is 10.2. The second kappa shape index (κ2) is 5.95. The van der Waals surface area contributed by atoms with Crippen LogP contribution in [-0.4, -0.2) is 23.8 Å². The predicted octanol–water partition coefficient (Wildman–Crippen LogP) is 3.52. The molecule has 0 N–H and O–H groups in total. The van der Waals surface area contributed by atoms with Gasteiger partial charge in [-0.3, -0.25) is 14.7 Å². The minimum Gasteiger partial charge on any atom is -0.495 e. The number of benzene rings is 1. The number of aromatic nitrogens is 1. The molecule has 1 atom stereocenters. The molecule has 0 aliphatic carbocycles. The maximum atomic E-state index is 12.2. The highest BCUT2D eigenvalue weighted by Gasteiger charge is 2.34. The van der Waals surface area contributed by atoms with Gasteiger partial charge in [-0.2, -0.15) is 0 Å². The molecule has 2 aromatic rings. The predicted molar refractivity (Wildman–Crippen MR) is 84.9 cm³/mol. The van der Waals surface area contributed by atoms with Crippen molar-refractivity contribution in [2.75, 3.05) is 17.8 Å². The number of hydrogen-bond acceptors (Lipinski definition) is 4. The second-order valence-corrected chi connectivity index (χ2v) is 6.01. The molecule has 0 bridgehead atoms. The van der Waals surface area contributed by atoms with Gasteiger partial charge in [-0.25, -0.2) is 0 Å². The quantitative estimate of drug-likeness (QED) is 0.867. The standard InChI is InChI=1S/C15H13ClN2O2S/c1-20-13-5-4-11(7-12(13)16)18-14(19)9-21-15(18)10-3-2-6-17-8-10/h2-8,15H,9H2,1H3. The Kier molecular flexibility index (Phi) is 4.03. The molecule has 1 aromatic carbocycles. The van der Waals surface area contributed by atoms with Gasteiger partial charge in [0.25, 0.3) is 0 Å². The van der Waals surface area contributed by atoms with E-state index in [-0.39, 0.29) is 11.3 Å². The van der Waals surface area contributed by atoms with Crippen molar-refractivity contribution in [3.63, 3.8) is 0 Å². The van der Waals surface area contributed by atoms with Crippen LogP contribution >= 0.6 is 23.4 Å². The van der Waals surface area contributed by atoms with Crippen LogP contribution in [0, 0.1) is 0 Å². The van der Waals surface area contributed by atoms with Crippen molar-refractivity contribution < 1.29 is 9.53 Å². The Labute approximate surface area is 132 Å². The zero-order chi connectivity index (χ0) is 14.8. The third kappa shape index (κ3) is 2.71. The van der Waals surface area contributed by atoms with Gasteiger partial charge in [0.05, 0.1) is 17.9 Å². The number of methoxy groups -OCH3 is 1. The summed E-state index contributed by atoms with van der Waals surface area (Å²) < 4.78 is 5.15. The Bertz CT molecular complexity index is 666. The summed E-state index contributed by atoms with van der Waals surface area (Å²) in [4.78, 5) is 18.1. The molecule has 4 nitrogen and oxygen atoms in total. The summed E-state index contributed by atoms with van der Waals surface area (Å²) >= 11 is 7.75. The summed E-state index contributed by atoms with van der Waals surface area (Å²) in [5.41, 5.74) is 1.77. The van der Waals surface area contributed by atoms with Crippen molar-refractivity contribution in [2.24, 2.45) is 0 Å². The minimum absolute atomic E-state index is 0.0649. The van der Waals surface area contributed by atoms with E-state index in [0.717, 1.165) is 11.3 Å². The third-order valence-corrected chi connectivity index (χ3v) is 4.76. The molecule has 6 heteroatoms. The van der Waals surface area contributed by atoms with Gasteiger partial charge in [0, 0.05) is 23.6 Å². The average Bonchev–Trinajstić information content (AvgIpc) is 2.90. The lowest BCUT2D eigenvalue weighted by molar-refractivity contribution is -0.115. The molecule has 0 radical (unpaired) electrons. The maximum absolute atomic E-state index is 12.2. The van der Waals surface area contributed by atoms with Gasteiger partial charge in [0.1, 0.15) is 11.1 Å². The second-order valence-electron chi connectivity index (χ2n) is 4.53. The van der Waals surface area contributed by atoms with Crippen LogP contribution in [0.4, 0.5) is 5.69 Å². The van der Waals surface area contributed by atoms with Crippen molar-refractivity contribution in [1.82, 2.24) is 4.98 Å². The summed E-state index contributed by atoms with van der Waals surface area (Å²) in [6.45, 7) is 0. The Morgan fingerprint density at radius 3 is 2.95 bits per heavy atom. The Morgan fingerprint density at radius 1 is 1.43 bits per heavy atom. The zero-order valence-corrected chi connectivity index (χ0v) is 12.9. The molecule has 1 unspecified atom stereocenters. The molecule has 1 amide bonds. The van der Waals surface area contributed by atoms with Crippen LogP contribution in [0.5, 0.6) is 5.75 Å². The van der Waals surface area contributed by atoms with Crippen molar-refractivity contribution in [3.8, 4) is 5.75 Å². The summed E-state index contributed by atoms with van der Waals surface area (Å²) in [6.07, 6.45) is 3.51. The van der Waals surface area contributed by atoms with Gasteiger partial charge >= 0.3 is 0 Å². The molecule has 1 aromatic heterocycles. The van der Waals surface area contributed by atoms with E-state index in [1.165, 1.54) is 0 Å². The topological polar surface area (TPSA) is 42.4 Å². The van der Waals surface area contributed by atoms with Crippen molar-refractivity contribution in [2.45, 2.75) is 5.37 Å². The van der Waals surface area contributed by atoms with E-state index >= 15 is 0 Å². The van der Waals surface area contributed by atoms with Crippen molar-refractivity contribution in [3.05, 3.63) is 53.3 Å². The molecule has 1 aliphatic rings. The molecule has 21 heavy (non-hydrogen) atoms. The van der Waals surface area contributed by atoms with E-state index < -0.39 is 0 Å². The largest absolute Gasteiger partial charge is 0.495 e. The molecule has 1 aliphatic heterocycles. The van der Waals surface area contributed by atoms with E-state index in [4.69, 9.17) is 16.3 Å². The number of hydrogen-bond donors (Lipinski definition) is 0. The first-order valence-corrected chi connectivity index (χ1v) is 7.80. The monoisotopic (exact) mass is 320 g/mol. The molecule has 1 saturated heterocycles. The molecule has 0 saturated carbocycles. The summed E-state index contributed by atoms with van der Waals surface area (Å²) in [6, 6.07) is 9.22. The fraction of sp³-hybridized carbons (Fsp3) is 0.200. The lowest BCUT2D eigenvalue weighted by Gasteiger charge is -2.24. The molecule has 2 heterocycles. The Hall–Kier alpha value is -1.72. The summed E-state index contributed by atoms with van der Waals surface area (Å²) in [7, 11) is 1.57. The van der Waals surface area contributed by atoms with Crippen LogP contribution in [-0.2, 0) is 4.79 Å². The van der Waals surface area contributed by atoms with Crippen LogP contribution in [0.25, 0.3) is 0 Å². The average molecular weight is 321 g/mol. The van der Waals surface area contributed by atoms with E-state index in [2.05, 4.69) is 4.98 Å². The van der Waals surface area contributed by atoms with Gasteiger partial charge < -0.3 is 4.74 Å².